The molecule has 1 aromatic heterocycles. The SMILES string of the molecule is CCCCOc1noc2c1C(=O)[C@@]1(O[Si](C)(C)C(C)(C)C)C(=O)C3=C(O)c4c(c(OC)cc(C(=O)O)c4OCCCC)C[C@H]3C[C@H]1[C@@H]2N(C)C. The molecular formula is C37H52N2O10Si. The van der Waals surface area contributed by atoms with E-state index in [1.165, 1.54) is 13.2 Å². The minimum absolute atomic E-state index is 0.0199. The first kappa shape index (κ1) is 37.6. The number of methoxy groups -OCH3 is 1. The average Bonchev–Trinajstić information content (AvgIpc) is 3.44. The van der Waals surface area contributed by atoms with Gasteiger partial charge in [0.1, 0.15) is 28.4 Å². The molecule has 3 aliphatic rings. The second-order valence-corrected chi connectivity index (χ2v) is 20.1. The minimum Gasteiger partial charge on any atom is -0.507 e. The van der Waals surface area contributed by atoms with Crippen LogP contribution < -0.4 is 14.2 Å². The molecular weight excluding hydrogens is 660 g/mol. The Morgan fingerprint density at radius 3 is 2.28 bits per heavy atom. The highest BCUT2D eigenvalue weighted by Gasteiger charge is 2.69. The maximum absolute atomic E-state index is 15.5. The topological polar surface area (TPSA) is 158 Å². The van der Waals surface area contributed by atoms with Gasteiger partial charge in [-0.3, -0.25) is 14.5 Å². The van der Waals surface area contributed by atoms with Gasteiger partial charge in [-0.05, 0) is 75.1 Å². The molecule has 2 N–H and O–H groups in total. The first-order valence-corrected chi connectivity index (χ1v) is 20.5. The van der Waals surface area contributed by atoms with Crippen molar-refractivity contribution in [3.63, 3.8) is 0 Å². The summed E-state index contributed by atoms with van der Waals surface area (Å²) in [6, 6.07) is 0.811. The number of aliphatic hydroxyl groups excluding tert-OH is 1. The van der Waals surface area contributed by atoms with Crippen molar-refractivity contribution >= 4 is 31.6 Å². The fourth-order valence-electron chi connectivity index (χ4n) is 7.37. The molecule has 4 atom stereocenters. The summed E-state index contributed by atoms with van der Waals surface area (Å²) in [5.41, 5.74) is -1.50. The number of ketones is 2. The van der Waals surface area contributed by atoms with E-state index in [-0.39, 0.29) is 59.1 Å². The lowest BCUT2D eigenvalue weighted by Crippen LogP contribution is -2.68. The van der Waals surface area contributed by atoms with E-state index in [0.29, 0.717) is 24.4 Å². The normalized spacial score (nSPS) is 23.3. The van der Waals surface area contributed by atoms with Crippen molar-refractivity contribution in [1.82, 2.24) is 10.1 Å². The molecule has 0 spiro atoms. The molecule has 3 aliphatic carbocycles. The van der Waals surface area contributed by atoms with E-state index in [9.17, 15) is 15.0 Å². The molecule has 274 valence electrons. The molecule has 13 heteroatoms. The molecule has 0 unspecified atom stereocenters. The molecule has 12 nitrogen and oxygen atoms in total. The number of carboxylic acid groups (broad SMARTS) is 1. The number of fused-ring (bicyclic) bond motifs is 4. The van der Waals surface area contributed by atoms with Gasteiger partial charge in [0.2, 0.25) is 11.6 Å². The molecule has 0 radical (unpaired) electrons. The molecule has 5 rings (SSSR count). The summed E-state index contributed by atoms with van der Waals surface area (Å²) < 4.78 is 30.8. The molecule has 50 heavy (non-hydrogen) atoms. The number of carbonyl (C=O) groups is 3. The maximum Gasteiger partial charge on any atom is 0.339 e. The fourth-order valence-corrected chi connectivity index (χ4v) is 8.82. The fraction of sp³-hybridized carbons (Fsp3) is 0.622. The molecule has 1 aromatic carbocycles. The number of hydrogen-bond acceptors (Lipinski definition) is 11. The van der Waals surface area contributed by atoms with Crippen LogP contribution in [0.5, 0.6) is 17.4 Å². The van der Waals surface area contributed by atoms with E-state index in [4.69, 9.17) is 23.2 Å². The average molecular weight is 713 g/mol. The van der Waals surface area contributed by atoms with Crippen LogP contribution in [0.15, 0.2) is 16.2 Å². The van der Waals surface area contributed by atoms with E-state index in [1.807, 2.05) is 66.7 Å². The van der Waals surface area contributed by atoms with Crippen molar-refractivity contribution in [2.75, 3.05) is 34.4 Å². The van der Waals surface area contributed by atoms with Gasteiger partial charge in [0.05, 0.1) is 31.9 Å². The van der Waals surface area contributed by atoms with Crippen LogP contribution in [0.2, 0.25) is 18.1 Å². The third-order valence-electron chi connectivity index (χ3n) is 11.0. The number of aromatic nitrogens is 1. The highest BCUT2D eigenvalue weighted by Crippen LogP contribution is 2.59. The third-order valence-corrected chi connectivity index (χ3v) is 15.4. The minimum atomic E-state index is -2.91. The lowest BCUT2D eigenvalue weighted by molar-refractivity contribution is -0.140. The number of nitrogens with zero attached hydrogens (tertiary/aromatic N) is 2. The van der Waals surface area contributed by atoms with Gasteiger partial charge >= 0.3 is 5.97 Å². The van der Waals surface area contributed by atoms with Crippen molar-refractivity contribution in [2.24, 2.45) is 11.8 Å². The largest absolute Gasteiger partial charge is 0.507 e. The summed E-state index contributed by atoms with van der Waals surface area (Å²) in [6.45, 7) is 14.6. The number of benzene rings is 1. The Hall–Kier alpha value is -3.68. The molecule has 0 aliphatic heterocycles. The van der Waals surface area contributed by atoms with Gasteiger partial charge in [-0.25, -0.2) is 4.79 Å². The predicted molar refractivity (Wildman–Crippen MR) is 189 cm³/mol. The molecule has 1 heterocycles. The summed E-state index contributed by atoms with van der Waals surface area (Å²) >= 11 is 0. The van der Waals surface area contributed by atoms with Crippen molar-refractivity contribution < 1.29 is 47.8 Å². The van der Waals surface area contributed by atoms with E-state index >= 15 is 9.59 Å². The number of aliphatic hydroxyl groups is 1. The van der Waals surface area contributed by atoms with Crippen molar-refractivity contribution in [2.45, 2.75) is 103 Å². The number of aromatic carboxylic acids is 1. The first-order valence-electron chi connectivity index (χ1n) is 17.6. The zero-order chi connectivity index (χ0) is 36.9. The van der Waals surface area contributed by atoms with E-state index in [2.05, 4.69) is 5.16 Å². The van der Waals surface area contributed by atoms with Gasteiger partial charge in [0.15, 0.2) is 19.7 Å². The van der Waals surface area contributed by atoms with Crippen LogP contribution in [0.3, 0.4) is 0 Å². The predicted octanol–water partition coefficient (Wildman–Crippen LogP) is 7.03. The van der Waals surface area contributed by atoms with Gasteiger partial charge in [-0.2, -0.15) is 0 Å². The van der Waals surface area contributed by atoms with Gasteiger partial charge < -0.3 is 33.4 Å². The molecule has 1 fully saturated rings. The van der Waals surface area contributed by atoms with Crippen LogP contribution in [0.4, 0.5) is 0 Å². The molecule has 0 saturated heterocycles. The van der Waals surface area contributed by atoms with Crippen molar-refractivity contribution in [3.8, 4) is 17.4 Å². The summed E-state index contributed by atoms with van der Waals surface area (Å²) in [4.78, 5) is 45.2. The van der Waals surface area contributed by atoms with E-state index < -0.39 is 60.1 Å². The van der Waals surface area contributed by atoms with Gasteiger partial charge in [-0.15, -0.1) is 0 Å². The smallest absolute Gasteiger partial charge is 0.339 e. The highest BCUT2D eigenvalue weighted by atomic mass is 28.4. The van der Waals surface area contributed by atoms with Gasteiger partial charge in [-0.1, -0.05) is 47.5 Å². The lowest BCUT2D eigenvalue weighted by atomic mass is 9.57. The number of rotatable bonds is 13. The Kier molecular flexibility index (Phi) is 10.4. The Labute approximate surface area is 295 Å². The Morgan fingerprint density at radius 1 is 1.08 bits per heavy atom. The quantitative estimate of drug-likeness (QED) is 0.124. The summed E-state index contributed by atoms with van der Waals surface area (Å²) in [6.07, 6.45) is 3.55. The van der Waals surface area contributed by atoms with Crippen LogP contribution >= 0.6 is 0 Å². The number of carbonyl (C=O) groups excluding carboxylic acids is 2. The summed E-state index contributed by atoms with van der Waals surface area (Å²) in [7, 11) is 2.25. The van der Waals surface area contributed by atoms with Gasteiger partial charge in [0.25, 0.3) is 5.88 Å². The standard InChI is InChI=1S/C37H52N2O10Si/c1-11-13-15-46-30-22(35(43)44)19-24(45-8)21-17-20-18-23-28(39(6)7)31-27(34(38-48-31)47-16-14-12-2)33(42)37(23,49-50(9,10)36(3,4)5)32(41)25(20)29(40)26(21)30/h19-20,23,28,40H,11-18H2,1-10H3,(H,43,44)/t20-,23-,28-,37-/m0/s1. The van der Waals surface area contributed by atoms with Crippen LogP contribution in [-0.2, 0) is 15.6 Å². The monoisotopic (exact) mass is 712 g/mol. The van der Waals surface area contributed by atoms with Crippen LogP contribution in [-0.4, -0.2) is 86.1 Å². The Morgan fingerprint density at radius 2 is 1.72 bits per heavy atom. The Balaban J connectivity index is 1.81. The number of Topliss-reactive ketones (excluding diaryl/α,β-unsaturated/α-hetero) is 2. The molecule has 0 amide bonds. The van der Waals surface area contributed by atoms with Crippen LogP contribution in [0, 0.1) is 11.8 Å². The maximum atomic E-state index is 15.5. The second kappa shape index (κ2) is 13.8. The molecule has 2 aromatic rings. The highest BCUT2D eigenvalue weighted by molar-refractivity contribution is 6.74. The number of carboxylic acids is 1. The first-order chi connectivity index (χ1) is 23.5. The third kappa shape index (κ3) is 5.94. The van der Waals surface area contributed by atoms with E-state index in [1.54, 1.807) is 0 Å². The summed E-state index contributed by atoms with van der Waals surface area (Å²) in [5.74, 6) is -3.63. The van der Waals surface area contributed by atoms with E-state index in [0.717, 1.165) is 19.3 Å². The molecule has 1 saturated carbocycles. The zero-order valence-electron chi connectivity index (χ0n) is 31.0. The Bertz CT molecular complexity index is 1700. The molecule has 0 bridgehead atoms. The zero-order valence-corrected chi connectivity index (χ0v) is 32.0. The van der Waals surface area contributed by atoms with Crippen LogP contribution in [0.1, 0.15) is 110 Å². The lowest BCUT2D eigenvalue weighted by Gasteiger charge is -2.55. The summed E-state index contributed by atoms with van der Waals surface area (Å²) in [5, 5.41) is 26.3. The number of unbranched alkanes of at least 4 members (excludes halogenated alkanes) is 2. The number of ether oxygens (including phenoxy) is 3. The second-order valence-electron chi connectivity index (χ2n) is 15.4. The van der Waals surface area contributed by atoms with Gasteiger partial charge in [0, 0.05) is 17.1 Å². The van der Waals surface area contributed by atoms with Crippen molar-refractivity contribution in [1.29, 1.82) is 0 Å². The van der Waals surface area contributed by atoms with Crippen molar-refractivity contribution in [3.05, 3.63) is 39.7 Å². The number of hydrogen-bond donors (Lipinski definition) is 2. The van der Waals surface area contributed by atoms with Crippen LogP contribution in [0.25, 0.3) is 5.76 Å².